The second kappa shape index (κ2) is 7.62. The predicted octanol–water partition coefficient (Wildman–Crippen LogP) is 0.990. The molecule has 2 aliphatic rings. The number of amides is 2. The van der Waals surface area contributed by atoms with Crippen molar-refractivity contribution in [3.8, 4) is 0 Å². The minimum Gasteiger partial charge on any atom is -0.333 e. The SMILES string of the molecule is CCCC1CCCCN1C(=O)C(=O)N1CCCNCC1. The minimum absolute atomic E-state index is 0.273. The molecule has 2 heterocycles. The van der Waals surface area contributed by atoms with Gasteiger partial charge >= 0.3 is 11.8 Å². The zero-order chi connectivity index (χ0) is 14.4. The van der Waals surface area contributed by atoms with Gasteiger partial charge in [0, 0.05) is 32.2 Å². The van der Waals surface area contributed by atoms with E-state index in [1.807, 2.05) is 4.90 Å². The standard InChI is InChI=1S/C15H27N3O2/c1-2-6-13-7-3-4-11-18(13)15(20)14(19)17-10-5-8-16-9-12-17/h13,16H,2-12H2,1H3. The number of piperidine rings is 1. The van der Waals surface area contributed by atoms with Gasteiger partial charge in [-0.25, -0.2) is 0 Å². The molecule has 5 heteroatoms. The van der Waals surface area contributed by atoms with Gasteiger partial charge in [-0.3, -0.25) is 9.59 Å². The Morgan fingerprint density at radius 1 is 1.05 bits per heavy atom. The van der Waals surface area contributed by atoms with E-state index in [4.69, 9.17) is 0 Å². The van der Waals surface area contributed by atoms with Crippen LogP contribution in [0.5, 0.6) is 0 Å². The highest BCUT2D eigenvalue weighted by atomic mass is 16.2. The second-order valence-corrected chi connectivity index (χ2v) is 5.83. The average Bonchev–Trinajstić information content (AvgIpc) is 2.76. The summed E-state index contributed by atoms with van der Waals surface area (Å²) in [7, 11) is 0. The highest BCUT2D eigenvalue weighted by Gasteiger charge is 2.32. The lowest BCUT2D eigenvalue weighted by Gasteiger charge is -2.36. The third-order valence-corrected chi connectivity index (χ3v) is 4.32. The number of rotatable bonds is 2. The molecule has 2 rings (SSSR count). The number of likely N-dealkylation sites (tertiary alicyclic amines) is 1. The summed E-state index contributed by atoms with van der Waals surface area (Å²) < 4.78 is 0. The van der Waals surface area contributed by atoms with Gasteiger partial charge in [0.2, 0.25) is 0 Å². The molecule has 114 valence electrons. The van der Waals surface area contributed by atoms with Crippen LogP contribution in [-0.4, -0.2) is 60.4 Å². The van der Waals surface area contributed by atoms with Gasteiger partial charge < -0.3 is 15.1 Å². The summed E-state index contributed by atoms with van der Waals surface area (Å²) in [5, 5.41) is 3.26. The molecule has 0 bridgehead atoms. The Hall–Kier alpha value is -1.10. The van der Waals surface area contributed by atoms with Gasteiger partial charge in [-0.1, -0.05) is 13.3 Å². The van der Waals surface area contributed by atoms with Gasteiger partial charge in [0.15, 0.2) is 0 Å². The predicted molar refractivity (Wildman–Crippen MR) is 78.3 cm³/mol. The maximum absolute atomic E-state index is 12.5. The van der Waals surface area contributed by atoms with Crippen LogP contribution in [0.4, 0.5) is 0 Å². The number of hydrogen-bond acceptors (Lipinski definition) is 3. The highest BCUT2D eigenvalue weighted by Crippen LogP contribution is 2.21. The molecule has 0 aromatic heterocycles. The number of hydrogen-bond donors (Lipinski definition) is 1. The number of nitrogens with one attached hydrogen (secondary N) is 1. The molecule has 0 radical (unpaired) electrons. The normalized spacial score (nSPS) is 24.4. The summed E-state index contributed by atoms with van der Waals surface area (Å²) in [6, 6.07) is 0.273. The highest BCUT2D eigenvalue weighted by molar-refractivity contribution is 6.35. The van der Waals surface area contributed by atoms with Gasteiger partial charge in [-0.2, -0.15) is 0 Å². The fraction of sp³-hybridized carbons (Fsp3) is 0.867. The summed E-state index contributed by atoms with van der Waals surface area (Å²) >= 11 is 0. The Kier molecular flexibility index (Phi) is 5.83. The van der Waals surface area contributed by atoms with Crippen molar-refractivity contribution < 1.29 is 9.59 Å². The summed E-state index contributed by atoms with van der Waals surface area (Å²) in [6.45, 7) is 5.96. The average molecular weight is 281 g/mol. The lowest BCUT2D eigenvalue weighted by Crippen LogP contribution is -2.51. The summed E-state index contributed by atoms with van der Waals surface area (Å²) in [5.41, 5.74) is 0. The van der Waals surface area contributed by atoms with Crippen LogP contribution in [0.15, 0.2) is 0 Å². The van der Waals surface area contributed by atoms with Crippen LogP contribution in [0.1, 0.15) is 45.4 Å². The van der Waals surface area contributed by atoms with Crippen molar-refractivity contribution in [2.45, 2.75) is 51.5 Å². The summed E-state index contributed by atoms with van der Waals surface area (Å²) in [4.78, 5) is 28.5. The lowest BCUT2D eigenvalue weighted by molar-refractivity contribution is -0.154. The Morgan fingerprint density at radius 2 is 1.90 bits per heavy atom. The van der Waals surface area contributed by atoms with Crippen molar-refractivity contribution >= 4 is 11.8 Å². The molecular formula is C15H27N3O2. The number of nitrogens with zero attached hydrogens (tertiary/aromatic N) is 2. The molecule has 5 nitrogen and oxygen atoms in total. The quantitative estimate of drug-likeness (QED) is 0.768. The molecule has 1 unspecified atom stereocenters. The van der Waals surface area contributed by atoms with Gasteiger partial charge in [0.1, 0.15) is 0 Å². The summed E-state index contributed by atoms with van der Waals surface area (Å²) in [5.74, 6) is -0.568. The Morgan fingerprint density at radius 3 is 2.70 bits per heavy atom. The smallest absolute Gasteiger partial charge is 0.312 e. The second-order valence-electron chi connectivity index (χ2n) is 5.83. The molecule has 2 fully saturated rings. The minimum atomic E-state index is -0.295. The van der Waals surface area contributed by atoms with Crippen molar-refractivity contribution in [2.24, 2.45) is 0 Å². The van der Waals surface area contributed by atoms with Crippen LogP contribution >= 0.6 is 0 Å². The summed E-state index contributed by atoms with van der Waals surface area (Å²) in [6.07, 6.45) is 6.26. The first-order valence-electron chi connectivity index (χ1n) is 8.04. The molecule has 0 saturated carbocycles. The van der Waals surface area contributed by atoms with E-state index in [1.165, 1.54) is 6.42 Å². The lowest BCUT2D eigenvalue weighted by atomic mass is 9.98. The number of carbonyl (C=O) groups excluding carboxylic acids is 2. The zero-order valence-electron chi connectivity index (χ0n) is 12.6. The largest absolute Gasteiger partial charge is 0.333 e. The zero-order valence-corrected chi connectivity index (χ0v) is 12.6. The van der Waals surface area contributed by atoms with E-state index in [-0.39, 0.29) is 17.9 Å². The van der Waals surface area contributed by atoms with Crippen molar-refractivity contribution in [1.29, 1.82) is 0 Å². The molecule has 0 aromatic rings. The van der Waals surface area contributed by atoms with Crippen molar-refractivity contribution in [3.05, 3.63) is 0 Å². The molecule has 2 saturated heterocycles. The molecular weight excluding hydrogens is 254 g/mol. The van der Waals surface area contributed by atoms with Crippen LogP contribution in [0.3, 0.4) is 0 Å². The maximum atomic E-state index is 12.5. The Bertz CT molecular complexity index is 336. The van der Waals surface area contributed by atoms with E-state index in [1.54, 1.807) is 4.90 Å². The van der Waals surface area contributed by atoms with Gasteiger partial charge in [-0.15, -0.1) is 0 Å². The van der Waals surface area contributed by atoms with E-state index in [0.717, 1.165) is 51.7 Å². The van der Waals surface area contributed by atoms with Crippen LogP contribution in [0.2, 0.25) is 0 Å². The van der Waals surface area contributed by atoms with E-state index >= 15 is 0 Å². The fourth-order valence-electron chi connectivity index (χ4n) is 3.21. The maximum Gasteiger partial charge on any atom is 0.312 e. The van der Waals surface area contributed by atoms with E-state index in [9.17, 15) is 9.59 Å². The van der Waals surface area contributed by atoms with Crippen molar-refractivity contribution in [2.75, 3.05) is 32.7 Å². The third-order valence-electron chi connectivity index (χ3n) is 4.32. The van der Waals surface area contributed by atoms with Crippen LogP contribution in [0, 0.1) is 0 Å². The van der Waals surface area contributed by atoms with E-state index < -0.39 is 0 Å². The van der Waals surface area contributed by atoms with E-state index in [2.05, 4.69) is 12.2 Å². The first-order valence-corrected chi connectivity index (χ1v) is 8.04. The molecule has 2 aliphatic heterocycles. The Balaban J connectivity index is 1.98. The van der Waals surface area contributed by atoms with Crippen LogP contribution in [0.25, 0.3) is 0 Å². The Labute approximate surface area is 121 Å². The third kappa shape index (κ3) is 3.72. The molecule has 1 N–H and O–H groups in total. The first kappa shape index (κ1) is 15.3. The first-order chi connectivity index (χ1) is 9.74. The van der Waals surface area contributed by atoms with Gasteiger partial charge in [0.25, 0.3) is 0 Å². The fourth-order valence-corrected chi connectivity index (χ4v) is 3.21. The number of carbonyl (C=O) groups is 2. The molecule has 0 spiro atoms. The van der Waals surface area contributed by atoms with Crippen LogP contribution < -0.4 is 5.32 Å². The molecule has 0 aromatic carbocycles. The molecule has 20 heavy (non-hydrogen) atoms. The topological polar surface area (TPSA) is 52.7 Å². The van der Waals surface area contributed by atoms with Crippen molar-refractivity contribution in [3.63, 3.8) is 0 Å². The molecule has 1 atom stereocenters. The van der Waals surface area contributed by atoms with Gasteiger partial charge in [-0.05, 0) is 38.6 Å². The van der Waals surface area contributed by atoms with E-state index in [0.29, 0.717) is 13.1 Å². The molecule has 2 amide bonds. The van der Waals surface area contributed by atoms with Gasteiger partial charge in [0.05, 0.1) is 0 Å². The molecule has 0 aliphatic carbocycles. The van der Waals surface area contributed by atoms with Crippen LogP contribution in [-0.2, 0) is 9.59 Å². The van der Waals surface area contributed by atoms with Crippen molar-refractivity contribution in [1.82, 2.24) is 15.1 Å². The monoisotopic (exact) mass is 281 g/mol.